The maximum absolute atomic E-state index is 13.9. The minimum atomic E-state index is -0.706. The molecule has 0 unspecified atom stereocenters. The van der Waals surface area contributed by atoms with Gasteiger partial charge < -0.3 is 14.6 Å². The predicted octanol–water partition coefficient (Wildman–Crippen LogP) is 5.23. The summed E-state index contributed by atoms with van der Waals surface area (Å²) in [5.74, 6) is -0.299. The number of hydrogen-bond donors (Lipinski definition) is 2. The fraction of sp³-hybridized carbons (Fsp3) is 0.261. The summed E-state index contributed by atoms with van der Waals surface area (Å²) in [4.78, 5) is 29.5. The lowest BCUT2D eigenvalue weighted by atomic mass is 10.2. The molecule has 162 valence electrons. The number of aryl methyl sites for hydroxylation is 1. The van der Waals surface area contributed by atoms with Gasteiger partial charge in [0.1, 0.15) is 17.2 Å². The van der Waals surface area contributed by atoms with Crippen LogP contribution in [0.1, 0.15) is 42.5 Å². The smallest absolute Gasteiger partial charge is 0.412 e. The Morgan fingerprint density at radius 1 is 1.03 bits per heavy atom. The topological polar surface area (TPSA) is 85.3 Å². The normalized spacial score (nSPS) is 11.2. The summed E-state index contributed by atoms with van der Waals surface area (Å²) in [5, 5.41) is 5.24. The van der Waals surface area contributed by atoms with Crippen molar-refractivity contribution >= 4 is 23.4 Å². The number of ether oxygens (including phenoxy) is 1. The quantitative estimate of drug-likeness (QED) is 0.601. The molecule has 7 nitrogen and oxygen atoms in total. The van der Waals surface area contributed by atoms with E-state index in [0.29, 0.717) is 17.1 Å². The number of benzene rings is 1. The van der Waals surface area contributed by atoms with Crippen molar-refractivity contribution < 1.29 is 18.7 Å². The lowest BCUT2D eigenvalue weighted by molar-refractivity contribution is 0.0635. The average Bonchev–Trinajstić information content (AvgIpc) is 2.97. The van der Waals surface area contributed by atoms with Gasteiger partial charge in [0, 0.05) is 17.6 Å². The van der Waals surface area contributed by atoms with Crippen LogP contribution in [0.5, 0.6) is 0 Å². The van der Waals surface area contributed by atoms with Crippen LogP contribution in [-0.4, -0.2) is 27.2 Å². The Hall–Kier alpha value is -3.68. The summed E-state index contributed by atoms with van der Waals surface area (Å²) in [7, 11) is 0. The van der Waals surface area contributed by atoms with Gasteiger partial charge in [-0.25, -0.2) is 14.2 Å². The lowest BCUT2D eigenvalue weighted by Gasteiger charge is -2.20. The van der Waals surface area contributed by atoms with Gasteiger partial charge in [0.15, 0.2) is 0 Å². The molecule has 3 rings (SSSR count). The number of anilines is 2. The van der Waals surface area contributed by atoms with E-state index in [2.05, 4.69) is 15.6 Å². The molecule has 0 atom stereocenters. The molecule has 2 N–H and O–H groups in total. The fourth-order valence-corrected chi connectivity index (χ4v) is 3.16. The molecule has 8 heteroatoms. The molecule has 0 spiro atoms. The highest BCUT2D eigenvalue weighted by molar-refractivity contribution is 6.07. The standard InChI is InChI=1S/C23H25FN4O3/c1-14-12-17(15(2)28(14)20-8-6-7-11-25-20)21(29)26-19-13-16(24)9-10-18(19)27-22(30)31-23(3,4)5/h6-13H,1-5H3,(H,26,29)(H,27,30). The van der Waals surface area contributed by atoms with Crippen molar-refractivity contribution in [1.82, 2.24) is 9.55 Å². The van der Waals surface area contributed by atoms with Crippen molar-refractivity contribution in [3.8, 4) is 5.82 Å². The number of amides is 2. The van der Waals surface area contributed by atoms with Gasteiger partial charge in [-0.3, -0.25) is 10.1 Å². The highest BCUT2D eigenvalue weighted by atomic mass is 19.1. The largest absolute Gasteiger partial charge is 0.444 e. The number of carbonyl (C=O) groups is 2. The molecule has 0 saturated carbocycles. The van der Waals surface area contributed by atoms with E-state index in [9.17, 15) is 14.0 Å². The Morgan fingerprint density at radius 3 is 2.42 bits per heavy atom. The third-order valence-corrected chi connectivity index (χ3v) is 4.42. The minimum Gasteiger partial charge on any atom is -0.444 e. The molecule has 0 aliphatic rings. The van der Waals surface area contributed by atoms with Crippen LogP contribution in [0.25, 0.3) is 5.82 Å². The summed E-state index contributed by atoms with van der Waals surface area (Å²) >= 11 is 0. The zero-order valence-electron chi connectivity index (χ0n) is 18.1. The van der Waals surface area contributed by atoms with E-state index in [1.54, 1.807) is 33.0 Å². The predicted molar refractivity (Wildman–Crippen MR) is 117 cm³/mol. The Morgan fingerprint density at radius 2 is 1.77 bits per heavy atom. The first-order valence-corrected chi connectivity index (χ1v) is 9.76. The van der Waals surface area contributed by atoms with Crippen molar-refractivity contribution in [3.05, 3.63) is 71.4 Å². The number of nitrogens with one attached hydrogen (secondary N) is 2. The van der Waals surface area contributed by atoms with E-state index in [0.717, 1.165) is 11.8 Å². The van der Waals surface area contributed by atoms with Crippen LogP contribution < -0.4 is 10.6 Å². The monoisotopic (exact) mass is 424 g/mol. The van der Waals surface area contributed by atoms with Crippen LogP contribution in [0, 0.1) is 19.7 Å². The SMILES string of the molecule is Cc1cc(C(=O)Nc2cc(F)ccc2NC(=O)OC(C)(C)C)c(C)n1-c1ccccn1. The van der Waals surface area contributed by atoms with Crippen molar-refractivity contribution in [2.45, 2.75) is 40.2 Å². The third kappa shape index (κ3) is 5.28. The molecule has 0 saturated heterocycles. The molecule has 0 aliphatic heterocycles. The van der Waals surface area contributed by atoms with Crippen molar-refractivity contribution in [2.75, 3.05) is 10.6 Å². The third-order valence-electron chi connectivity index (χ3n) is 4.42. The zero-order valence-corrected chi connectivity index (χ0v) is 18.1. The lowest BCUT2D eigenvalue weighted by Crippen LogP contribution is -2.27. The molecular weight excluding hydrogens is 399 g/mol. The molecule has 2 aromatic heterocycles. The molecule has 0 fully saturated rings. The number of aromatic nitrogens is 2. The molecule has 2 amide bonds. The first-order valence-electron chi connectivity index (χ1n) is 9.76. The van der Waals surface area contributed by atoms with Gasteiger partial charge in [-0.15, -0.1) is 0 Å². The Labute approximate surface area is 180 Å². The molecule has 1 aromatic carbocycles. The number of nitrogens with zero attached hydrogens (tertiary/aromatic N) is 2. The van der Waals surface area contributed by atoms with E-state index >= 15 is 0 Å². The molecular formula is C23H25FN4O3. The highest BCUT2D eigenvalue weighted by Gasteiger charge is 2.21. The summed E-state index contributed by atoms with van der Waals surface area (Å²) in [6.45, 7) is 8.88. The molecule has 0 aliphatic carbocycles. The molecule has 2 heterocycles. The Kier molecular flexibility index (Phi) is 6.10. The van der Waals surface area contributed by atoms with Gasteiger partial charge in [0.05, 0.1) is 16.9 Å². The van der Waals surface area contributed by atoms with Gasteiger partial charge in [-0.2, -0.15) is 0 Å². The van der Waals surface area contributed by atoms with E-state index < -0.39 is 23.4 Å². The second-order valence-electron chi connectivity index (χ2n) is 8.08. The van der Waals surface area contributed by atoms with Crippen LogP contribution in [-0.2, 0) is 4.74 Å². The number of hydrogen-bond acceptors (Lipinski definition) is 4. The number of pyridine rings is 1. The van der Waals surface area contributed by atoms with E-state index in [1.807, 2.05) is 36.6 Å². The van der Waals surface area contributed by atoms with Crippen molar-refractivity contribution in [3.63, 3.8) is 0 Å². The summed E-state index contributed by atoms with van der Waals surface area (Å²) in [6.07, 6.45) is 0.970. The summed E-state index contributed by atoms with van der Waals surface area (Å²) in [6, 6.07) is 11.0. The van der Waals surface area contributed by atoms with E-state index in [-0.39, 0.29) is 11.4 Å². The maximum atomic E-state index is 13.9. The maximum Gasteiger partial charge on any atom is 0.412 e. The molecule has 3 aromatic rings. The van der Waals surface area contributed by atoms with Crippen LogP contribution in [0.3, 0.4) is 0 Å². The Bertz CT molecular complexity index is 1120. The number of rotatable bonds is 4. The minimum absolute atomic E-state index is 0.124. The van der Waals surface area contributed by atoms with Gasteiger partial charge in [-0.1, -0.05) is 6.07 Å². The zero-order chi connectivity index (χ0) is 22.8. The molecule has 0 bridgehead atoms. The highest BCUT2D eigenvalue weighted by Crippen LogP contribution is 2.26. The van der Waals surface area contributed by atoms with Crippen LogP contribution in [0.15, 0.2) is 48.7 Å². The number of halogens is 1. The van der Waals surface area contributed by atoms with Gasteiger partial charge in [-0.05, 0) is 71.0 Å². The number of carbonyl (C=O) groups excluding carboxylic acids is 2. The van der Waals surface area contributed by atoms with Crippen LogP contribution in [0.4, 0.5) is 20.6 Å². The molecule has 0 radical (unpaired) electrons. The van der Waals surface area contributed by atoms with Crippen molar-refractivity contribution in [2.24, 2.45) is 0 Å². The van der Waals surface area contributed by atoms with Crippen molar-refractivity contribution in [1.29, 1.82) is 0 Å². The second kappa shape index (κ2) is 8.59. The fourth-order valence-electron chi connectivity index (χ4n) is 3.16. The summed E-state index contributed by atoms with van der Waals surface area (Å²) < 4.78 is 21.0. The first-order chi connectivity index (χ1) is 14.5. The van der Waals surface area contributed by atoms with Gasteiger partial charge in [0.25, 0.3) is 5.91 Å². The average molecular weight is 424 g/mol. The first kappa shape index (κ1) is 22.0. The summed E-state index contributed by atoms with van der Waals surface area (Å²) in [5.41, 5.74) is 1.58. The second-order valence-corrected chi connectivity index (χ2v) is 8.08. The van der Waals surface area contributed by atoms with Gasteiger partial charge in [0.2, 0.25) is 0 Å². The van der Waals surface area contributed by atoms with E-state index in [4.69, 9.17) is 4.74 Å². The Balaban J connectivity index is 1.87. The van der Waals surface area contributed by atoms with Crippen LogP contribution in [0.2, 0.25) is 0 Å². The van der Waals surface area contributed by atoms with Crippen LogP contribution >= 0.6 is 0 Å². The molecule has 31 heavy (non-hydrogen) atoms. The van der Waals surface area contributed by atoms with E-state index in [1.165, 1.54) is 12.1 Å². The van der Waals surface area contributed by atoms with Gasteiger partial charge >= 0.3 is 6.09 Å².